The minimum Gasteiger partial charge on any atom is -0.348 e. The molecule has 7 atom stereocenters. The number of piperazine rings is 1. The highest BCUT2D eigenvalue weighted by Gasteiger charge is 2.55. The van der Waals surface area contributed by atoms with Crippen molar-refractivity contribution in [1.29, 1.82) is 5.26 Å². The van der Waals surface area contributed by atoms with Gasteiger partial charge in [0.2, 0.25) is 5.91 Å². The van der Waals surface area contributed by atoms with Gasteiger partial charge in [0.05, 0.1) is 31.3 Å². The van der Waals surface area contributed by atoms with Crippen molar-refractivity contribution in [3.05, 3.63) is 42.0 Å². The average molecular weight is 675 g/mol. The minimum atomic E-state index is -0.136. The highest BCUT2D eigenvalue weighted by molar-refractivity contribution is 8.01. The van der Waals surface area contributed by atoms with Gasteiger partial charge in [0.1, 0.15) is 0 Å². The molecule has 0 aromatic heterocycles. The van der Waals surface area contributed by atoms with E-state index in [-0.39, 0.29) is 29.2 Å². The number of nitrogens with zero attached hydrogens (tertiary/aromatic N) is 5. The van der Waals surface area contributed by atoms with E-state index in [0.29, 0.717) is 43.6 Å². The van der Waals surface area contributed by atoms with E-state index in [9.17, 15) is 10.1 Å². The summed E-state index contributed by atoms with van der Waals surface area (Å²) in [6.07, 6.45) is 18.1. The molecule has 7 rings (SSSR count). The number of benzene rings is 1. The van der Waals surface area contributed by atoms with Crippen LogP contribution < -0.4 is 5.32 Å². The van der Waals surface area contributed by atoms with E-state index in [0.717, 1.165) is 19.7 Å². The minimum absolute atomic E-state index is 0.0607. The molecule has 3 saturated heterocycles. The highest BCUT2D eigenvalue weighted by Crippen LogP contribution is 2.56. The lowest BCUT2D eigenvalue weighted by Gasteiger charge is -2.60. The van der Waals surface area contributed by atoms with Gasteiger partial charge in [-0.15, -0.1) is 11.8 Å². The van der Waals surface area contributed by atoms with Crippen LogP contribution in [0.1, 0.15) is 94.6 Å². The summed E-state index contributed by atoms with van der Waals surface area (Å²) in [5, 5.41) is 13.9. The van der Waals surface area contributed by atoms with Crippen molar-refractivity contribution >= 4 is 17.7 Å². The Bertz CT molecular complexity index is 1340. The lowest BCUT2D eigenvalue weighted by atomic mass is 9.71. The topological polar surface area (TPSA) is 75.1 Å². The Balaban J connectivity index is 1.22. The number of nitrogens with one attached hydrogen (secondary N) is 1. The zero-order valence-electron chi connectivity index (χ0n) is 29.5. The Morgan fingerprint density at radius 2 is 1.92 bits per heavy atom. The molecular formula is C39H58N6O2S. The van der Waals surface area contributed by atoms with Crippen molar-refractivity contribution in [2.75, 3.05) is 39.8 Å². The third-order valence-electron chi connectivity index (χ3n) is 12.8. The van der Waals surface area contributed by atoms with Crippen molar-refractivity contribution in [2.45, 2.75) is 143 Å². The summed E-state index contributed by atoms with van der Waals surface area (Å²) >= 11 is 2.19. The van der Waals surface area contributed by atoms with Gasteiger partial charge in [0.25, 0.3) is 0 Å². The Kier molecular flexibility index (Phi) is 10.9. The number of hydrogen-bond donors (Lipinski definition) is 1. The van der Waals surface area contributed by atoms with E-state index >= 15 is 0 Å². The number of likely N-dealkylation sites (N-methyl/N-ethyl adjacent to an activating group) is 1. The number of amides is 1. The van der Waals surface area contributed by atoms with Crippen LogP contribution in [-0.2, 0) is 16.0 Å². The Morgan fingerprint density at radius 3 is 2.65 bits per heavy atom. The summed E-state index contributed by atoms with van der Waals surface area (Å²) in [5.41, 5.74) is 2.97. The molecule has 48 heavy (non-hydrogen) atoms. The standard InChI is InChI=1S/C39H58N6O2S/c1-4-35(46)44-23-22-43(26-31(44)18-20-40)37-33-17-19-39(24-29-13-10-12-28(2)36(29)48-39)25-34(33)45(30-14-8-6-5-7-9-15-30)38(41-37)47-27-32-16-11-21-42(32)3/h4,10,12-13,30-34,37-38,41H,1,5-9,11,14-19,21-27H2,2-3H3/t31?,32?,33?,34?,37?,38?,39-/m0/s1. The average Bonchev–Trinajstić information content (AvgIpc) is 3.66. The highest BCUT2D eigenvalue weighted by atomic mass is 32.2. The third-order valence-corrected chi connectivity index (χ3v) is 14.5. The van der Waals surface area contributed by atoms with E-state index in [1.54, 1.807) is 5.56 Å². The molecule has 1 N–H and O–H groups in total. The number of carbonyl (C=O) groups excluding carboxylic acids is 1. The second-order valence-corrected chi connectivity index (χ2v) is 17.2. The van der Waals surface area contributed by atoms with Gasteiger partial charge < -0.3 is 14.5 Å². The number of likely N-dealkylation sites (tertiary alicyclic amines) is 1. The molecule has 0 radical (unpaired) electrons. The van der Waals surface area contributed by atoms with Gasteiger partial charge >= 0.3 is 0 Å². The summed E-state index contributed by atoms with van der Waals surface area (Å²) in [6.45, 7) is 10.1. The zero-order valence-corrected chi connectivity index (χ0v) is 30.3. The van der Waals surface area contributed by atoms with Crippen LogP contribution in [0.5, 0.6) is 0 Å². The lowest BCUT2D eigenvalue weighted by molar-refractivity contribution is -0.200. The fourth-order valence-corrected chi connectivity index (χ4v) is 11.9. The summed E-state index contributed by atoms with van der Waals surface area (Å²) in [4.78, 5) is 24.2. The molecule has 2 saturated carbocycles. The zero-order chi connectivity index (χ0) is 33.3. The SMILES string of the molecule is C=CC(=O)N1CCN(C2NC(OCC3CCCN3C)N(C3CCCCCCC3)C3C[C@]4(CCC23)Cc2cccc(C)c2S4)CC1CC#N. The number of rotatable bonds is 7. The molecule has 6 aliphatic rings. The number of aryl methyl sites for hydroxylation is 1. The van der Waals surface area contributed by atoms with Gasteiger partial charge in [-0.1, -0.05) is 56.9 Å². The molecule has 0 bridgehead atoms. The smallest absolute Gasteiger partial charge is 0.246 e. The maximum absolute atomic E-state index is 12.8. The largest absolute Gasteiger partial charge is 0.348 e. The monoisotopic (exact) mass is 674 g/mol. The molecule has 1 aromatic carbocycles. The molecule has 1 aromatic rings. The van der Waals surface area contributed by atoms with Gasteiger partial charge in [0.15, 0.2) is 6.35 Å². The molecule has 1 amide bonds. The number of fused-ring (bicyclic) bond motifs is 2. The summed E-state index contributed by atoms with van der Waals surface area (Å²) in [7, 11) is 2.25. The van der Waals surface area contributed by atoms with Crippen LogP contribution in [0.25, 0.3) is 0 Å². The number of carbonyl (C=O) groups is 1. The number of hydrogen-bond acceptors (Lipinski definition) is 8. The first kappa shape index (κ1) is 34.5. The van der Waals surface area contributed by atoms with Crippen molar-refractivity contribution < 1.29 is 9.53 Å². The van der Waals surface area contributed by atoms with Crippen LogP contribution in [0.3, 0.4) is 0 Å². The first-order valence-corrected chi connectivity index (χ1v) is 19.9. The molecule has 1 spiro atoms. The van der Waals surface area contributed by atoms with E-state index in [1.807, 2.05) is 4.90 Å². The normalized spacial score (nSPS) is 35.5. The molecule has 8 nitrogen and oxygen atoms in total. The molecule has 4 heterocycles. The van der Waals surface area contributed by atoms with Gasteiger partial charge in [-0.05, 0) is 89.1 Å². The Hall–Kier alpha value is -1.93. The number of nitriles is 1. The lowest BCUT2D eigenvalue weighted by Crippen LogP contribution is -2.74. The van der Waals surface area contributed by atoms with Crippen LogP contribution in [-0.4, -0.2) is 107 Å². The van der Waals surface area contributed by atoms with E-state index in [2.05, 4.69) is 76.6 Å². The molecule has 4 aliphatic heterocycles. The van der Waals surface area contributed by atoms with E-state index in [1.165, 1.54) is 100 Å². The van der Waals surface area contributed by atoms with Crippen molar-refractivity contribution in [1.82, 2.24) is 24.9 Å². The fourth-order valence-electron chi connectivity index (χ4n) is 10.2. The number of ether oxygens (including phenoxy) is 1. The first-order valence-electron chi connectivity index (χ1n) is 19.1. The second-order valence-electron chi connectivity index (χ2n) is 15.8. The van der Waals surface area contributed by atoms with Crippen molar-refractivity contribution in [2.24, 2.45) is 5.92 Å². The maximum atomic E-state index is 12.8. The number of thioether (sulfide) groups is 1. The fraction of sp³-hybridized carbons (Fsp3) is 0.744. The Morgan fingerprint density at radius 1 is 1.10 bits per heavy atom. The van der Waals surface area contributed by atoms with Crippen LogP contribution in [0.4, 0.5) is 0 Å². The van der Waals surface area contributed by atoms with Gasteiger partial charge in [0, 0.05) is 53.3 Å². The first-order chi connectivity index (χ1) is 23.4. The predicted molar refractivity (Wildman–Crippen MR) is 192 cm³/mol. The van der Waals surface area contributed by atoms with Crippen LogP contribution in [0.15, 0.2) is 35.7 Å². The van der Waals surface area contributed by atoms with Crippen LogP contribution in [0.2, 0.25) is 0 Å². The van der Waals surface area contributed by atoms with Crippen molar-refractivity contribution in [3.8, 4) is 6.07 Å². The molecule has 2 aliphatic carbocycles. The van der Waals surface area contributed by atoms with E-state index in [4.69, 9.17) is 4.74 Å². The van der Waals surface area contributed by atoms with Crippen molar-refractivity contribution in [3.63, 3.8) is 0 Å². The van der Waals surface area contributed by atoms with E-state index < -0.39 is 0 Å². The van der Waals surface area contributed by atoms with Gasteiger partial charge in [-0.25, -0.2) is 0 Å². The molecule has 6 unspecified atom stereocenters. The van der Waals surface area contributed by atoms with Gasteiger partial charge in [-0.3, -0.25) is 19.9 Å². The Labute approximate surface area is 293 Å². The molecule has 5 fully saturated rings. The van der Waals surface area contributed by atoms with Crippen LogP contribution in [0, 0.1) is 24.2 Å². The second kappa shape index (κ2) is 15.1. The summed E-state index contributed by atoms with van der Waals surface area (Å²) < 4.78 is 7.37. The molecule has 9 heteroatoms. The molecular weight excluding hydrogens is 617 g/mol. The predicted octanol–water partition coefficient (Wildman–Crippen LogP) is 5.90. The maximum Gasteiger partial charge on any atom is 0.246 e. The summed E-state index contributed by atoms with van der Waals surface area (Å²) in [5.74, 6) is 0.402. The third kappa shape index (κ3) is 7.00. The van der Waals surface area contributed by atoms with Crippen LogP contribution >= 0.6 is 11.8 Å². The molecule has 262 valence electrons. The quantitative estimate of drug-likeness (QED) is 0.359. The summed E-state index contributed by atoms with van der Waals surface area (Å²) in [6, 6.07) is 10.6. The van der Waals surface area contributed by atoms with Gasteiger partial charge in [-0.2, -0.15) is 5.26 Å².